The number of rotatable bonds is 2. The number of thiophene rings is 1. The van der Waals surface area contributed by atoms with Crippen LogP contribution in [0.5, 0.6) is 0 Å². The van der Waals surface area contributed by atoms with Crippen molar-refractivity contribution in [3.63, 3.8) is 0 Å². The van der Waals surface area contributed by atoms with Crippen molar-refractivity contribution in [1.82, 2.24) is 15.0 Å². The van der Waals surface area contributed by atoms with Gasteiger partial charge in [0, 0.05) is 11.6 Å². The van der Waals surface area contributed by atoms with E-state index in [0.29, 0.717) is 5.69 Å². The highest BCUT2D eigenvalue weighted by molar-refractivity contribution is 7.13. The predicted octanol–water partition coefficient (Wildman–Crippen LogP) is 4.35. The van der Waals surface area contributed by atoms with Crippen LogP contribution in [0.3, 0.4) is 0 Å². The van der Waals surface area contributed by atoms with Gasteiger partial charge in [0.15, 0.2) is 16.5 Å². The molecule has 8 heteroatoms. The van der Waals surface area contributed by atoms with Crippen LogP contribution in [0.15, 0.2) is 35.2 Å². The summed E-state index contributed by atoms with van der Waals surface area (Å²) in [4.78, 5) is 12.7. The van der Waals surface area contributed by atoms with Crippen LogP contribution in [0.1, 0.15) is 5.69 Å². The molecule has 3 heterocycles. The minimum Gasteiger partial charge on any atom is -0.234 e. The molecule has 102 valence electrons. The van der Waals surface area contributed by atoms with E-state index in [1.807, 2.05) is 17.5 Å². The lowest BCUT2D eigenvalue weighted by molar-refractivity contribution is -0.140. The molecule has 3 rings (SSSR count). The molecule has 0 aliphatic rings. The van der Waals surface area contributed by atoms with Gasteiger partial charge < -0.3 is 0 Å². The van der Waals surface area contributed by atoms with Gasteiger partial charge in [-0.2, -0.15) is 13.2 Å². The van der Waals surface area contributed by atoms with E-state index in [1.54, 1.807) is 6.07 Å². The zero-order valence-corrected chi connectivity index (χ0v) is 11.4. The van der Waals surface area contributed by atoms with E-state index in [4.69, 9.17) is 0 Å². The number of halogens is 3. The second-order valence-electron chi connectivity index (χ2n) is 3.78. The minimum atomic E-state index is -4.44. The lowest BCUT2D eigenvalue weighted by Gasteiger charge is -2.01. The van der Waals surface area contributed by atoms with Crippen LogP contribution < -0.4 is 0 Å². The quantitative estimate of drug-likeness (QED) is 0.706. The molecule has 3 aromatic rings. The molecule has 0 amide bonds. The summed E-state index contributed by atoms with van der Waals surface area (Å²) in [6.07, 6.45) is -2.92. The zero-order chi connectivity index (χ0) is 14.2. The molecule has 0 saturated heterocycles. The normalized spacial score (nSPS) is 11.8. The van der Waals surface area contributed by atoms with Crippen LogP contribution in [0.4, 0.5) is 13.2 Å². The van der Waals surface area contributed by atoms with Crippen LogP contribution in [-0.4, -0.2) is 15.0 Å². The van der Waals surface area contributed by atoms with Gasteiger partial charge in [-0.05, 0) is 17.5 Å². The Morgan fingerprint density at radius 1 is 1.05 bits per heavy atom. The standard InChI is InChI=1S/C12H6F3N3S2/c13-12(14,15)9-6-20-11(18-9)10-16-4-3-7(17-10)8-2-1-5-19-8/h1-6H. The highest BCUT2D eigenvalue weighted by Gasteiger charge is 2.34. The smallest absolute Gasteiger partial charge is 0.234 e. The number of thiazole rings is 1. The molecule has 3 aromatic heterocycles. The lowest BCUT2D eigenvalue weighted by Crippen LogP contribution is -2.05. The topological polar surface area (TPSA) is 38.7 Å². The Bertz CT molecular complexity index is 720. The van der Waals surface area contributed by atoms with Crippen molar-refractivity contribution in [3.8, 4) is 21.4 Å². The average Bonchev–Trinajstić information content (AvgIpc) is 3.10. The summed E-state index contributed by atoms with van der Waals surface area (Å²) < 4.78 is 37.6. The Labute approximate surface area is 119 Å². The van der Waals surface area contributed by atoms with Gasteiger partial charge in [0.05, 0.1) is 10.6 Å². The van der Waals surface area contributed by atoms with E-state index in [-0.39, 0.29) is 10.8 Å². The maximum absolute atomic E-state index is 12.5. The molecule has 0 aliphatic heterocycles. The summed E-state index contributed by atoms with van der Waals surface area (Å²) in [6, 6.07) is 5.49. The first-order valence-corrected chi connectivity index (χ1v) is 7.20. The highest BCUT2D eigenvalue weighted by Crippen LogP contribution is 2.33. The van der Waals surface area contributed by atoms with Crippen molar-refractivity contribution in [2.45, 2.75) is 6.18 Å². The highest BCUT2D eigenvalue weighted by atomic mass is 32.1. The van der Waals surface area contributed by atoms with Crippen molar-refractivity contribution >= 4 is 22.7 Å². The Morgan fingerprint density at radius 3 is 2.55 bits per heavy atom. The molecule has 0 atom stereocenters. The van der Waals surface area contributed by atoms with Gasteiger partial charge in [-0.15, -0.1) is 22.7 Å². The zero-order valence-electron chi connectivity index (χ0n) is 9.76. The average molecular weight is 313 g/mol. The first-order chi connectivity index (χ1) is 9.54. The molecule has 0 bridgehead atoms. The van der Waals surface area contributed by atoms with E-state index in [1.165, 1.54) is 17.5 Å². The van der Waals surface area contributed by atoms with Crippen molar-refractivity contribution in [2.75, 3.05) is 0 Å². The van der Waals surface area contributed by atoms with E-state index < -0.39 is 11.9 Å². The summed E-state index contributed by atoms with van der Waals surface area (Å²) in [5, 5.41) is 3.04. The van der Waals surface area contributed by atoms with Gasteiger partial charge in [0.2, 0.25) is 0 Å². The Hall–Kier alpha value is -1.80. The van der Waals surface area contributed by atoms with Crippen LogP contribution in [0.25, 0.3) is 21.4 Å². The van der Waals surface area contributed by atoms with Gasteiger partial charge in [0.1, 0.15) is 0 Å². The van der Waals surface area contributed by atoms with E-state index in [0.717, 1.165) is 21.6 Å². The van der Waals surface area contributed by atoms with E-state index in [2.05, 4.69) is 15.0 Å². The second-order valence-corrected chi connectivity index (χ2v) is 5.58. The molecule has 0 N–H and O–H groups in total. The molecule has 3 nitrogen and oxygen atoms in total. The monoisotopic (exact) mass is 313 g/mol. The third kappa shape index (κ3) is 2.56. The third-order valence-corrected chi connectivity index (χ3v) is 4.15. The fourth-order valence-electron chi connectivity index (χ4n) is 1.53. The Balaban J connectivity index is 1.99. The molecule has 0 aliphatic carbocycles. The molecular formula is C12H6F3N3S2. The predicted molar refractivity (Wildman–Crippen MR) is 71.5 cm³/mol. The van der Waals surface area contributed by atoms with Gasteiger partial charge in [0.25, 0.3) is 0 Å². The van der Waals surface area contributed by atoms with E-state index >= 15 is 0 Å². The molecule has 20 heavy (non-hydrogen) atoms. The van der Waals surface area contributed by atoms with Gasteiger partial charge in [-0.3, -0.25) is 0 Å². The van der Waals surface area contributed by atoms with Gasteiger partial charge >= 0.3 is 6.18 Å². The fraction of sp³-hybridized carbons (Fsp3) is 0.0833. The minimum absolute atomic E-state index is 0.163. The number of hydrogen-bond donors (Lipinski definition) is 0. The molecule has 0 saturated carbocycles. The van der Waals surface area contributed by atoms with Crippen molar-refractivity contribution in [1.29, 1.82) is 0 Å². The van der Waals surface area contributed by atoms with Crippen molar-refractivity contribution < 1.29 is 13.2 Å². The van der Waals surface area contributed by atoms with Crippen LogP contribution >= 0.6 is 22.7 Å². The molecule has 0 unspecified atom stereocenters. The molecular weight excluding hydrogens is 307 g/mol. The van der Waals surface area contributed by atoms with Gasteiger partial charge in [-0.1, -0.05) is 6.07 Å². The molecule has 0 fully saturated rings. The lowest BCUT2D eigenvalue weighted by atomic mass is 10.3. The summed E-state index contributed by atoms with van der Waals surface area (Å²) in [5.74, 6) is 0.205. The maximum Gasteiger partial charge on any atom is 0.434 e. The van der Waals surface area contributed by atoms with Crippen molar-refractivity contribution in [3.05, 3.63) is 40.8 Å². The number of alkyl halides is 3. The summed E-state index contributed by atoms with van der Waals surface area (Å²) in [5.41, 5.74) is -0.239. The van der Waals surface area contributed by atoms with Crippen LogP contribution in [0, 0.1) is 0 Å². The van der Waals surface area contributed by atoms with Crippen molar-refractivity contribution in [2.24, 2.45) is 0 Å². The molecule has 0 radical (unpaired) electrons. The maximum atomic E-state index is 12.5. The molecule has 0 aromatic carbocycles. The first kappa shape index (κ1) is 13.2. The fourth-order valence-corrected chi connectivity index (χ4v) is 2.99. The summed E-state index contributed by atoms with van der Waals surface area (Å²) >= 11 is 2.38. The van der Waals surface area contributed by atoms with Gasteiger partial charge in [-0.25, -0.2) is 15.0 Å². The van der Waals surface area contributed by atoms with Crippen LogP contribution in [-0.2, 0) is 6.18 Å². The Kier molecular flexibility index (Phi) is 3.27. The number of hydrogen-bond acceptors (Lipinski definition) is 5. The number of aromatic nitrogens is 3. The largest absolute Gasteiger partial charge is 0.434 e. The summed E-state index contributed by atoms with van der Waals surface area (Å²) in [7, 11) is 0. The number of nitrogens with zero attached hydrogens (tertiary/aromatic N) is 3. The van der Waals surface area contributed by atoms with Crippen LogP contribution in [0.2, 0.25) is 0 Å². The second kappa shape index (κ2) is 4.95. The Morgan fingerprint density at radius 2 is 1.90 bits per heavy atom. The SMILES string of the molecule is FC(F)(F)c1csc(-c2nccc(-c3cccs3)n2)n1. The summed E-state index contributed by atoms with van der Waals surface area (Å²) in [6.45, 7) is 0. The van der Waals surface area contributed by atoms with E-state index in [9.17, 15) is 13.2 Å². The molecule has 0 spiro atoms. The third-order valence-electron chi connectivity index (χ3n) is 2.42. The first-order valence-electron chi connectivity index (χ1n) is 5.44.